The van der Waals surface area contributed by atoms with Gasteiger partial charge in [-0.2, -0.15) is 13.2 Å². The lowest BCUT2D eigenvalue weighted by molar-refractivity contribution is -0.138. The zero-order valence-electron chi connectivity index (χ0n) is 15.8. The zero-order valence-corrected chi connectivity index (χ0v) is 15.8. The number of nitrogens with zero attached hydrogens (tertiary/aromatic N) is 1. The number of alkyl halides is 3. The molecule has 0 radical (unpaired) electrons. The normalized spacial score (nSPS) is 14.6. The SMILES string of the molecule is COc1ccc(NC(=O)Cn2cc(C(F)(F)F)ccc2=O)cc1OC1CCCC1. The van der Waals surface area contributed by atoms with Crippen molar-refractivity contribution < 1.29 is 27.4 Å². The van der Waals surface area contributed by atoms with Crippen LogP contribution in [0, 0.1) is 0 Å². The Morgan fingerprint density at radius 1 is 1.17 bits per heavy atom. The van der Waals surface area contributed by atoms with Crippen LogP contribution in [-0.2, 0) is 17.5 Å². The van der Waals surface area contributed by atoms with Gasteiger partial charge in [0.2, 0.25) is 5.91 Å². The van der Waals surface area contributed by atoms with Gasteiger partial charge in [0.25, 0.3) is 5.56 Å². The molecule has 1 fully saturated rings. The van der Waals surface area contributed by atoms with E-state index in [1.165, 1.54) is 7.11 Å². The van der Waals surface area contributed by atoms with Crippen LogP contribution in [0.4, 0.5) is 18.9 Å². The molecule has 1 aliphatic carbocycles. The third-order valence-corrected chi connectivity index (χ3v) is 4.67. The number of aromatic nitrogens is 1. The number of carbonyl (C=O) groups is 1. The number of anilines is 1. The summed E-state index contributed by atoms with van der Waals surface area (Å²) in [5.74, 6) is 0.362. The fourth-order valence-corrected chi connectivity index (χ4v) is 3.21. The van der Waals surface area contributed by atoms with Crippen molar-refractivity contribution in [2.45, 2.75) is 44.5 Å². The van der Waals surface area contributed by atoms with Gasteiger partial charge in [0.1, 0.15) is 6.54 Å². The maximum atomic E-state index is 12.8. The summed E-state index contributed by atoms with van der Waals surface area (Å²) >= 11 is 0. The molecule has 0 saturated heterocycles. The molecule has 1 amide bonds. The molecule has 0 unspecified atom stereocenters. The van der Waals surface area contributed by atoms with Crippen molar-refractivity contribution in [1.82, 2.24) is 4.57 Å². The number of benzene rings is 1. The van der Waals surface area contributed by atoms with Gasteiger partial charge in [-0.15, -0.1) is 0 Å². The lowest BCUT2D eigenvalue weighted by Crippen LogP contribution is -2.28. The second-order valence-electron chi connectivity index (χ2n) is 6.82. The number of hydrogen-bond acceptors (Lipinski definition) is 4. The summed E-state index contributed by atoms with van der Waals surface area (Å²) in [5, 5.41) is 2.58. The van der Waals surface area contributed by atoms with Gasteiger partial charge in [0, 0.05) is 24.0 Å². The van der Waals surface area contributed by atoms with Crippen molar-refractivity contribution >= 4 is 11.6 Å². The van der Waals surface area contributed by atoms with E-state index in [2.05, 4.69) is 5.32 Å². The molecule has 0 aliphatic heterocycles. The maximum absolute atomic E-state index is 12.8. The summed E-state index contributed by atoms with van der Waals surface area (Å²) < 4.78 is 50.4. The highest BCUT2D eigenvalue weighted by Crippen LogP contribution is 2.34. The Kier molecular flexibility index (Phi) is 6.14. The molecule has 0 bridgehead atoms. The minimum atomic E-state index is -4.60. The summed E-state index contributed by atoms with van der Waals surface area (Å²) in [6.45, 7) is -0.548. The van der Waals surface area contributed by atoms with E-state index in [0.29, 0.717) is 29.4 Å². The van der Waals surface area contributed by atoms with Gasteiger partial charge in [-0.1, -0.05) is 0 Å². The van der Waals surface area contributed by atoms with Crippen LogP contribution in [0.25, 0.3) is 0 Å². The number of halogens is 3. The van der Waals surface area contributed by atoms with Crippen molar-refractivity contribution in [3.63, 3.8) is 0 Å². The molecule has 0 atom stereocenters. The van der Waals surface area contributed by atoms with Gasteiger partial charge in [-0.25, -0.2) is 0 Å². The summed E-state index contributed by atoms with van der Waals surface area (Å²) in [6, 6.07) is 6.30. The van der Waals surface area contributed by atoms with Crippen molar-refractivity contribution in [3.05, 3.63) is 52.4 Å². The largest absolute Gasteiger partial charge is 0.493 e. The number of carbonyl (C=O) groups excluding carboxylic acids is 1. The highest BCUT2D eigenvalue weighted by molar-refractivity contribution is 5.90. The van der Waals surface area contributed by atoms with E-state index in [0.717, 1.165) is 36.3 Å². The molecule has 6 nitrogen and oxygen atoms in total. The predicted molar refractivity (Wildman–Crippen MR) is 100 cm³/mol. The fourth-order valence-electron chi connectivity index (χ4n) is 3.21. The van der Waals surface area contributed by atoms with Gasteiger partial charge in [-0.3, -0.25) is 9.59 Å². The van der Waals surface area contributed by atoms with E-state index in [1.54, 1.807) is 18.2 Å². The van der Waals surface area contributed by atoms with Gasteiger partial charge in [0.15, 0.2) is 11.5 Å². The Balaban J connectivity index is 1.73. The summed E-state index contributed by atoms with van der Waals surface area (Å²) in [6.07, 6.45) is 0.179. The highest BCUT2D eigenvalue weighted by Gasteiger charge is 2.31. The Labute approximate surface area is 165 Å². The lowest BCUT2D eigenvalue weighted by Gasteiger charge is -2.17. The lowest BCUT2D eigenvalue weighted by atomic mass is 10.2. The monoisotopic (exact) mass is 410 g/mol. The second kappa shape index (κ2) is 8.59. The fraction of sp³-hybridized carbons (Fsp3) is 0.400. The number of methoxy groups -OCH3 is 1. The predicted octanol–water partition coefficient (Wildman–Crippen LogP) is 3.84. The number of rotatable bonds is 6. The molecule has 156 valence electrons. The van der Waals surface area contributed by atoms with Gasteiger partial charge >= 0.3 is 6.18 Å². The summed E-state index contributed by atoms with van der Waals surface area (Å²) in [7, 11) is 1.51. The van der Waals surface area contributed by atoms with Gasteiger partial charge in [-0.05, 0) is 43.9 Å². The Bertz CT molecular complexity index is 934. The molecule has 29 heavy (non-hydrogen) atoms. The van der Waals surface area contributed by atoms with Gasteiger partial charge in [0.05, 0.1) is 18.8 Å². The number of pyridine rings is 1. The van der Waals surface area contributed by atoms with Crippen LogP contribution in [0.1, 0.15) is 31.2 Å². The molecule has 1 saturated carbocycles. The van der Waals surface area contributed by atoms with E-state index in [9.17, 15) is 22.8 Å². The van der Waals surface area contributed by atoms with Crippen LogP contribution in [-0.4, -0.2) is 23.7 Å². The molecular weight excluding hydrogens is 389 g/mol. The smallest absolute Gasteiger partial charge is 0.417 e. The number of ether oxygens (including phenoxy) is 2. The Hall–Kier alpha value is -2.97. The number of nitrogens with one attached hydrogen (secondary N) is 1. The standard InChI is InChI=1S/C20H21F3N2O4/c1-28-16-8-7-14(10-17(16)29-15-4-2-3-5-15)24-18(26)12-25-11-13(20(21,22)23)6-9-19(25)27/h6-11,15H,2-5,12H2,1H3,(H,24,26). The second-order valence-corrected chi connectivity index (χ2v) is 6.82. The molecule has 1 N–H and O–H groups in total. The van der Waals surface area contributed by atoms with E-state index < -0.39 is 29.8 Å². The van der Waals surface area contributed by atoms with E-state index in [-0.39, 0.29) is 6.10 Å². The van der Waals surface area contributed by atoms with E-state index >= 15 is 0 Å². The van der Waals surface area contributed by atoms with Crippen molar-refractivity contribution in [3.8, 4) is 11.5 Å². The average Bonchev–Trinajstić information content (AvgIpc) is 3.16. The summed E-state index contributed by atoms with van der Waals surface area (Å²) in [4.78, 5) is 24.1. The van der Waals surface area contributed by atoms with E-state index in [1.807, 2.05) is 0 Å². The third-order valence-electron chi connectivity index (χ3n) is 4.67. The van der Waals surface area contributed by atoms with Crippen molar-refractivity contribution in [2.75, 3.05) is 12.4 Å². The van der Waals surface area contributed by atoms with Crippen molar-refractivity contribution in [1.29, 1.82) is 0 Å². The first-order valence-corrected chi connectivity index (χ1v) is 9.18. The minimum Gasteiger partial charge on any atom is -0.493 e. The van der Waals surface area contributed by atoms with Crippen LogP contribution in [0.5, 0.6) is 11.5 Å². The average molecular weight is 410 g/mol. The van der Waals surface area contributed by atoms with Gasteiger partial charge < -0.3 is 19.4 Å². The van der Waals surface area contributed by atoms with Crippen LogP contribution in [0.3, 0.4) is 0 Å². The quantitative estimate of drug-likeness (QED) is 0.786. The molecule has 1 aromatic carbocycles. The molecule has 1 heterocycles. The number of amides is 1. The number of hydrogen-bond donors (Lipinski definition) is 1. The first-order chi connectivity index (χ1) is 13.8. The molecule has 2 aromatic rings. The molecule has 0 spiro atoms. The van der Waals surface area contributed by atoms with Crippen LogP contribution in [0.2, 0.25) is 0 Å². The Morgan fingerprint density at radius 3 is 2.55 bits per heavy atom. The maximum Gasteiger partial charge on any atom is 0.417 e. The topological polar surface area (TPSA) is 69.6 Å². The summed E-state index contributed by atoms with van der Waals surface area (Å²) in [5.41, 5.74) is -1.31. The van der Waals surface area contributed by atoms with Crippen LogP contribution >= 0.6 is 0 Å². The first kappa shape index (κ1) is 20.8. The molecule has 1 aliphatic rings. The van der Waals surface area contributed by atoms with Crippen LogP contribution in [0.15, 0.2) is 41.3 Å². The van der Waals surface area contributed by atoms with E-state index in [4.69, 9.17) is 9.47 Å². The first-order valence-electron chi connectivity index (χ1n) is 9.18. The van der Waals surface area contributed by atoms with Crippen molar-refractivity contribution in [2.24, 2.45) is 0 Å². The zero-order chi connectivity index (χ0) is 21.0. The van der Waals surface area contributed by atoms with Crippen LogP contribution < -0.4 is 20.3 Å². The molecule has 1 aromatic heterocycles. The molecule has 9 heteroatoms. The molecular formula is C20H21F3N2O4. The Morgan fingerprint density at radius 2 is 1.90 bits per heavy atom. The molecule has 3 rings (SSSR count). The highest BCUT2D eigenvalue weighted by atomic mass is 19.4. The third kappa shape index (κ3) is 5.30. The minimum absolute atomic E-state index is 0.0820.